The van der Waals surface area contributed by atoms with Crippen molar-refractivity contribution in [1.29, 1.82) is 0 Å². The lowest BCUT2D eigenvalue weighted by atomic mass is 10.2. The van der Waals surface area contributed by atoms with Crippen LogP contribution < -0.4 is 5.32 Å². The third kappa shape index (κ3) is 4.46. The van der Waals surface area contributed by atoms with Gasteiger partial charge in [0, 0.05) is 24.0 Å². The predicted octanol–water partition coefficient (Wildman–Crippen LogP) is 2.88. The largest absolute Gasteiger partial charge is 0.444 e. The van der Waals surface area contributed by atoms with E-state index in [1.807, 2.05) is 31.5 Å². The Morgan fingerprint density at radius 1 is 1.48 bits per heavy atom. The molecule has 1 aromatic rings. The standard InChI is InChI=1S/C15H22N2O3S/c1-15(2,3)20-14(19)17-7-4-5-12(17)9-16-13(18)11-6-8-21-10-11/h6,8,10,12H,4-5,7,9H2,1-3H3,(H,16,18). The van der Waals surface area contributed by atoms with Gasteiger partial charge in [-0.05, 0) is 45.1 Å². The van der Waals surface area contributed by atoms with Crippen molar-refractivity contribution in [3.05, 3.63) is 22.4 Å². The summed E-state index contributed by atoms with van der Waals surface area (Å²) in [5, 5.41) is 6.58. The molecular formula is C15H22N2O3S. The van der Waals surface area contributed by atoms with E-state index in [4.69, 9.17) is 4.74 Å². The number of rotatable bonds is 3. The number of hydrogen-bond acceptors (Lipinski definition) is 4. The maximum atomic E-state index is 12.1. The number of hydrogen-bond donors (Lipinski definition) is 1. The molecule has 116 valence electrons. The second-order valence-electron chi connectivity index (χ2n) is 6.19. The first-order valence-corrected chi connectivity index (χ1v) is 8.11. The molecule has 0 aromatic carbocycles. The molecule has 2 amide bonds. The van der Waals surface area contributed by atoms with Crippen LogP contribution in [0.2, 0.25) is 0 Å². The van der Waals surface area contributed by atoms with E-state index < -0.39 is 5.60 Å². The van der Waals surface area contributed by atoms with Crippen molar-refractivity contribution in [3.8, 4) is 0 Å². The lowest BCUT2D eigenvalue weighted by Gasteiger charge is -2.28. The van der Waals surface area contributed by atoms with E-state index in [9.17, 15) is 9.59 Å². The Morgan fingerprint density at radius 2 is 2.24 bits per heavy atom. The highest BCUT2D eigenvalue weighted by atomic mass is 32.1. The Labute approximate surface area is 129 Å². The molecule has 0 radical (unpaired) electrons. The van der Waals surface area contributed by atoms with E-state index >= 15 is 0 Å². The number of nitrogens with zero attached hydrogens (tertiary/aromatic N) is 1. The molecule has 0 saturated carbocycles. The molecule has 1 aliphatic rings. The first-order chi connectivity index (χ1) is 9.87. The van der Waals surface area contributed by atoms with E-state index in [2.05, 4.69) is 5.32 Å². The average molecular weight is 310 g/mol. The molecule has 1 N–H and O–H groups in total. The highest BCUT2D eigenvalue weighted by molar-refractivity contribution is 7.08. The summed E-state index contributed by atoms with van der Waals surface area (Å²) in [6.45, 7) is 6.72. The van der Waals surface area contributed by atoms with Gasteiger partial charge in [0.1, 0.15) is 5.60 Å². The Bertz CT molecular complexity index is 494. The molecule has 1 saturated heterocycles. The summed E-state index contributed by atoms with van der Waals surface area (Å²) >= 11 is 1.49. The van der Waals surface area contributed by atoms with E-state index in [1.165, 1.54) is 11.3 Å². The monoisotopic (exact) mass is 310 g/mol. The Morgan fingerprint density at radius 3 is 2.86 bits per heavy atom. The van der Waals surface area contributed by atoms with Crippen LogP contribution in [0.15, 0.2) is 16.8 Å². The van der Waals surface area contributed by atoms with Gasteiger partial charge in [-0.1, -0.05) is 0 Å². The van der Waals surface area contributed by atoms with Crippen LogP contribution >= 0.6 is 11.3 Å². The summed E-state index contributed by atoms with van der Waals surface area (Å²) < 4.78 is 5.41. The van der Waals surface area contributed by atoms with Gasteiger partial charge in [0.05, 0.1) is 6.04 Å². The number of ether oxygens (including phenoxy) is 1. The lowest BCUT2D eigenvalue weighted by molar-refractivity contribution is 0.0225. The van der Waals surface area contributed by atoms with Crippen molar-refractivity contribution in [2.24, 2.45) is 0 Å². The molecule has 0 aliphatic carbocycles. The maximum absolute atomic E-state index is 12.1. The molecule has 21 heavy (non-hydrogen) atoms. The minimum Gasteiger partial charge on any atom is -0.444 e. The van der Waals surface area contributed by atoms with Crippen LogP contribution in [0.4, 0.5) is 4.79 Å². The van der Waals surface area contributed by atoms with Crippen LogP contribution in [0.3, 0.4) is 0 Å². The number of carbonyl (C=O) groups excluding carboxylic acids is 2. The molecule has 2 rings (SSSR count). The SMILES string of the molecule is CC(C)(C)OC(=O)N1CCCC1CNC(=O)c1ccsc1. The number of likely N-dealkylation sites (tertiary alicyclic amines) is 1. The van der Waals surface area contributed by atoms with Crippen LogP contribution in [-0.4, -0.2) is 41.6 Å². The second kappa shape index (κ2) is 6.47. The predicted molar refractivity (Wildman–Crippen MR) is 82.6 cm³/mol. The molecule has 1 unspecified atom stereocenters. The molecule has 1 aromatic heterocycles. The average Bonchev–Trinajstić information content (AvgIpc) is 3.04. The van der Waals surface area contributed by atoms with Crippen molar-refractivity contribution in [2.45, 2.75) is 45.3 Å². The molecular weight excluding hydrogens is 288 g/mol. The molecule has 0 spiro atoms. The van der Waals surface area contributed by atoms with Gasteiger partial charge >= 0.3 is 6.09 Å². The highest BCUT2D eigenvalue weighted by Crippen LogP contribution is 2.20. The zero-order valence-electron chi connectivity index (χ0n) is 12.7. The Kier molecular flexibility index (Phi) is 4.88. The summed E-state index contributed by atoms with van der Waals surface area (Å²) in [4.78, 5) is 25.8. The molecule has 5 nitrogen and oxygen atoms in total. The third-order valence-electron chi connectivity index (χ3n) is 3.29. The summed E-state index contributed by atoms with van der Waals surface area (Å²) in [5.41, 5.74) is 0.172. The van der Waals surface area contributed by atoms with E-state index in [0.717, 1.165) is 12.8 Å². The zero-order chi connectivity index (χ0) is 15.5. The fourth-order valence-corrected chi connectivity index (χ4v) is 2.95. The number of thiophene rings is 1. The third-order valence-corrected chi connectivity index (χ3v) is 3.97. The van der Waals surface area contributed by atoms with Gasteiger partial charge in [0.2, 0.25) is 0 Å². The lowest BCUT2D eigenvalue weighted by Crippen LogP contribution is -2.45. The molecule has 6 heteroatoms. The summed E-state index contributed by atoms with van der Waals surface area (Å²) in [5.74, 6) is -0.0905. The normalized spacial score (nSPS) is 18.6. The van der Waals surface area contributed by atoms with Crippen LogP contribution in [-0.2, 0) is 4.74 Å². The second-order valence-corrected chi connectivity index (χ2v) is 6.97. The number of nitrogens with one attached hydrogen (secondary N) is 1. The quantitative estimate of drug-likeness (QED) is 0.934. The van der Waals surface area contributed by atoms with Gasteiger partial charge in [0.15, 0.2) is 0 Å². The fourth-order valence-electron chi connectivity index (χ4n) is 2.32. The number of amides is 2. The van der Waals surface area contributed by atoms with Crippen LogP contribution in [0.1, 0.15) is 44.0 Å². The van der Waals surface area contributed by atoms with Gasteiger partial charge in [0.25, 0.3) is 5.91 Å². The molecule has 0 bridgehead atoms. The van der Waals surface area contributed by atoms with Gasteiger partial charge in [-0.3, -0.25) is 4.79 Å². The topological polar surface area (TPSA) is 58.6 Å². The zero-order valence-corrected chi connectivity index (χ0v) is 13.5. The van der Waals surface area contributed by atoms with Crippen LogP contribution in [0.5, 0.6) is 0 Å². The van der Waals surface area contributed by atoms with E-state index in [1.54, 1.807) is 11.0 Å². The van der Waals surface area contributed by atoms with E-state index in [-0.39, 0.29) is 18.0 Å². The summed E-state index contributed by atoms with van der Waals surface area (Å²) in [7, 11) is 0. The van der Waals surface area contributed by atoms with Crippen molar-refractivity contribution in [1.82, 2.24) is 10.2 Å². The molecule has 1 aliphatic heterocycles. The first kappa shape index (κ1) is 15.8. The minimum atomic E-state index is -0.496. The Hall–Kier alpha value is -1.56. The Balaban J connectivity index is 1.87. The highest BCUT2D eigenvalue weighted by Gasteiger charge is 2.32. The summed E-state index contributed by atoms with van der Waals surface area (Å²) in [6.07, 6.45) is 1.54. The van der Waals surface area contributed by atoms with Crippen LogP contribution in [0.25, 0.3) is 0 Å². The van der Waals surface area contributed by atoms with Crippen molar-refractivity contribution in [3.63, 3.8) is 0 Å². The first-order valence-electron chi connectivity index (χ1n) is 7.17. The van der Waals surface area contributed by atoms with Gasteiger partial charge in [-0.2, -0.15) is 11.3 Å². The molecule has 1 fully saturated rings. The molecule has 2 heterocycles. The van der Waals surface area contributed by atoms with Crippen LogP contribution in [0, 0.1) is 0 Å². The van der Waals surface area contributed by atoms with Gasteiger partial charge in [-0.15, -0.1) is 0 Å². The van der Waals surface area contributed by atoms with Crippen molar-refractivity contribution in [2.75, 3.05) is 13.1 Å². The maximum Gasteiger partial charge on any atom is 0.410 e. The van der Waals surface area contributed by atoms with Crippen molar-refractivity contribution >= 4 is 23.3 Å². The minimum absolute atomic E-state index is 0.0161. The van der Waals surface area contributed by atoms with Gasteiger partial charge < -0.3 is 15.0 Å². The molecule has 1 atom stereocenters. The smallest absolute Gasteiger partial charge is 0.410 e. The fraction of sp³-hybridized carbons (Fsp3) is 0.600. The summed E-state index contributed by atoms with van der Waals surface area (Å²) in [6, 6.07) is 1.81. The van der Waals surface area contributed by atoms with E-state index in [0.29, 0.717) is 18.7 Å². The van der Waals surface area contributed by atoms with Gasteiger partial charge in [-0.25, -0.2) is 4.79 Å². The number of carbonyl (C=O) groups is 2. The van der Waals surface area contributed by atoms with Crippen molar-refractivity contribution < 1.29 is 14.3 Å².